The zero-order valence-electron chi connectivity index (χ0n) is 16.3. The summed E-state index contributed by atoms with van der Waals surface area (Å²) < 4.78 is 7.47. The van der Waals surface area contributed by atoms with E-state index in [0.717, 1.165) is 31.1 Å². The summed E-state index contributed by atoms with van der Waals surface area (Å²) >= 11 is 0. The van der Waals surface area contributed by atoms with Gasteiger partial charge in [0.15, 0.2) is 0 Å². The summed E-state index contributed by atoms with van der Waals surface area (Å²) in [4.78, 5) is 14.9. The fourth-order valence-electron chi connectivity index (χ4n) is 3.72. The Morgan fingerprint density at radius 1 is 1.07 bits per heavy atom. The van der Waals surface area contributed by atoms with Crippen LogP contribution in [0.1, 0.15) is 34.6 Å². The average molecular weight is 375 g/mol. The number of carbonyl (C=O) groups is 1. The molecule has 1 atom stereocenters. The molecule has 1 amide bonds. The van der Waals surface area contributed by atoms with Crippen LogP contribution in [0.5, 0.6) is 5.75 Å². The topological polar surface area (TPSA) is 46.5 Å². The van der Waals surface area contributed by atoms with Crippen LogP contribution < -0.4 is 10.1 Å². The summed E-state index contributed by atoms with van der Waals surface area (Å²) in [6.45, 7) is 5.19. The lowest BCUT2D eigenvalue weighted by atomic mass is 10.1. The molecule has 0 radical (unpaired) electrons. The van der Waals surface area contributed by atoms with Gasteiger partial charge in [-0.05, 0) is 61.0 Å². The molecule has 2 aromatic carbocycles. The zero-order chi connectivity index (χ0) is 19.5. The van der Waals surface area contributed by atoms with Crippen LogP contribution in [0, 0.1) is 0 Å². The summed E-state index contributed by atoms with van der Waals surface area (Å²) in [6, 6.07) is 19.9. The van der Waals surface area contributed by atoms with E-state index in [2.05, 4.69) is 40.0 Å². The number of amides is 1. The maximum absolute atomic E-state index is 12.5. The second-order valence-corrected chi connectivity index (χ2v) is 7.15. The summed E-state index contributed by atoms with van der Waals surface area (Å²) in [7, 11) is 1.62. The number of methoxy groups -OCH3 is 1. The normalized spacial score (nSPS) is 16.4. The van der Waals surface area contributed by atoms with Crippen molar-refractivity contribution in [1.82, 2.24) is 9.47 Å². The van der Waals surface area contributed by atoms with Crippen LogP contribution >= 0.6 is 0 Å². The van der Waals surface area contributed by atoms with Crippen molar-refractivity contribution in [3.8, 4) is 5.75 Å². The second-order valence-electron chi connectivity index (χ2n) is 7.15. The standard InChI is InChI=1S/C23H25N3O2/c1-17-22-4-3-13-25(22)14-15-26(17)16-18-5-7-19(8-6-18)23(27)24-20-9-11-21(28-2)12-10-20/h3-13,17H,14-16H2,1-2H3,(H,24,27). The van der Waals surface area contributed by atoms with Crippen molar-refractivity contribution in [1.29, 1.82) is 0 Å². The van der Waals surface area contributed by atoms with Gasteiger partial charge in [0.25, 0.3) is 5.91 Å². The van der Waals surface area contributed by atoms with E-state index in [1.807, 2.05) is 48.5 Å². The van der Waals surface area contributed by atoms with Crippen molar-refractivity contribution in [2.75, 3.05) is 19.0 Å². The molecule has 0 saturated carbocycles. The minimum atomic E-state index is -0.110. The van der Waals surface area contributed by atoms with Crippen LogP contribution in [0.3, 0.4) is 0 Å². The first kappa shape index (κ1) is 18.3. The van der Waals surface area contributed by atoms with E-state index >= 15 is 0 Å². The largest absolute Gasteiger partial charge is 0.497 e. The summed E-state index contributed by atoms with van der Waals surface area (Å²) in [5.41, 5.74) is 3.98. The molecule has 4 rings (SSSR count). The fourth-order valence-corrected chi connectivity index (χ4v) is 3.72. The fraction of sp³-hybridized carbons (Fsp3) is 0.261. The van der Waals surface area contributed by atoms with Crippen molar-refractivity contribution in [2.45, 2.75) is 26.1 Å². The van der Waals surface area contributed by atoms with E-state index in [9.17, 15) is 4.79 Å². The number of nitrogens with zero attached hydrogens (tertiary/aromatic N) is 2. The molecule has 1 aliphatic heterocycles. The van der Waals surface area contributed by atoms with E-state index < -0.39 is 0 Å². The first-order valence-electron chi connectivity index (χ1n) is 9.57. The molecule has 1 aliphatic rings. The number of carbonyl (C=O) groups excluding carboxylic acids is 1. The molecule has 1 N–H and O–H groups in total. The summed E-state index contributed by atoms with van der Waals surface area (Å²) in [5.74, 6) is 0.655. The van der Waals surface area contributed by atoms with Gasteiger partial charge in [0.05, 0.1) is 7.11 Å². The molecular weight excluding hydrogens is 350 g/mol. The molecule has 0 aliphatic carbocycles. The van der Waals surface area contributed by atoms with Gasteiger partial charge in [0, 0.05) is 48.8 Å². The third-order valence-electron chi connectivity index (χ3n) is 5.42. The molecular formula is C23H25N3O2. The SMILES string of the molecule is COc1ccc(NC(=O)c2ccc(CN3CCn4cccc4C3C)cc2)cc1. The van der Waals surface area contributed by atoms with Crippen molar-refractivity contribution in [3.63, 3.8) is 0 Å². The molecule has 5 heteroatoms. The number of benzene rings is 2. The first-order chi connectivity index (χ1) is 13.6. The predicted octanol–water partition coefficient (Wildman–Crippen LogP) is 4.33. The van der Waals surface area contributed by atoms with Crippen LogP contribution in [-0.2, 0) is 13.1 Å². The molecule has 3 aromatic rings. The lowest BCUT2D eigenvalue weighted by Crippen LogP contribution is -2.35. The Hall–Kier alpha value is -3.05. The van der Waals surface area contributed by atoms with E-state index in [4.69, 9.17) is 4.74 Å². The number of hydrogen-bond acceptors (Lipinski definition) is 3. The summed E-state index contributed by atoms with van der Waals surface area (Å²) in [5, 5.41) is 2.92. The van der Waals surface area contributed by atoms with Gasteiger partial charge in [0.2, 0.25) is 0 Å². The molecule has 1 unspecified atom stereocenters. The van der Waals surface area contributed by atoms with Gasteiger partial charge in [-0.2, -0.15) is 0 Å². The highest BCUT2D eigenvalue weighted by molar-refractivity contribution is 6.04. The van der Waals surface area contributed by atoms with E-state index in [-0.39, 0.29) is 5.91 Å². The minimum absolute atomic E-state index is 0.110. The van der Waals surface area contributed by atoms with Gasteiger partial charge in [-0.3, -0.25) is 9.69 Å². The van der Waals surface area contributed by atoms with Crippen LogP contribution in [0.4, 0.5) is 5.69 Å². The number of fused-ring (bicyclic) bond motifs is 1. The number of nitrogens with one attached hydrogen (secondary N) is 1. The average Bonchev–Trinajstić information content (AvgIpc) is 3.21. The zero-order valence-corrected chi connectivity index (χ0v) is 16.3. The second kappa shape index (κ2) is 7.90. The number of anilines is 1. The Balaban J connectivity index is 1.39. The molecule has 5 nitrogen and oxygen atoms in total. The molecule has 2 heterocycles. The molecule has 28 heavy (non-hydrogen) atoms. The maximum Gasteiger partial charge on any atom is 0.255 e. The first-order valence-corrected chi connectivity index (χ1v) is 9.57. The lowest BCUT2D eigenvalue weighted by molar-refractivity contribution is 0.102. The number of aromatic nitrogens is 1. The third-order valence-corrected chi connectivity index (χ3v) is 5.42. The Bertz CT molecular complexity index is 945. The highest BCUT2D eigenvalue weighted by atomic mass is 16.5. The maximum atomic E-state index is 12.5. The predicted molar refractivity (Wildman–Crippen MR) is 111 cm³/mol. The van der Waals surface area contributed by atoms with Gasteiger partial charge in [0.1, 0.15) is 5.75 Å². The number of ether oxygens (including phenoxy) is 1. The Morgan fingerprint density at radius 2 is 1.82 bits per heavy atom. The molecule has 0 spiro atoms. The molecule has 0 bridgehead atoms. The van der Waals surface area contributed by atoms with Crippen molar-refractivity contribution in [2.24, 2.45) is 0 Å². The van der Waals surface area contributed by atoms with Gasteiger partial charge in [-0.25, -0.2) is 0 Å². The van der Waals surface area contributed by atoms with Gasteiger partial charge in [-0.15, -0.1) is 0 Å². The quantitative estimate of drug-likeness (QED) is 0.722. The Morgan fingerprint density at radius 3 is 2.54 bits per heavy atom. The van der Waals surface area contributed by atoms with Gasteiger partial charge < -0.3 is 14.6 Å². The van der Waals surface area contributed by atoms with Crippen LogP contribution in [-0.4, -0.2) is 29.0 Å². The van der Waals surface area contributed by atoms with Crippen LogP contribution in [0.2, 0.25) is 0 Å². The highest BCUT2D eigenvalue weighted by Gasteiger charge is 2.23. The van der Waals surface area contributed by atoms with E-state index in [1.54, 1.807) is 7.11 Å². The molecule has 0 saturated heterocycles. The smallest absolute Gasteiger partial charge is 0.255 e. The number of hydrogen-bond donors (Lipinski definition) is 1. The molecule has 1 aromatic heterocycles. The van der Waals surface area contributed by atoms with Crippen LogP contribution in [0.15, 0.2) is 66.9 Å². The Labute approximate surface area is 165 Å². The molecule has 0 fully saturated rings. The minimum Gasteiger partial charge on any atom is -0.497 e. The summed E-state index contributed by atoms with van der Waals surface area (Å²) in [6.07, 6.45) is 2.15. The van der Waals surface area contributed by atoms with Gasteiger partial charge in [-0.1, -0.05) is 12.1 Å². The lowest BCUT2D eigenvalue weighted by Gasteiger charge is -2.34. The third kappa shape index (κ3) is 3.80. The molecule has 144 valence electrons. The number of rotatable bonds is 5. The van der Waals surface area contributed by atoms with Crippen LogP contribution in [0.25, 0.3) is 0 Å². The Kier molecular flexibility index (Phi) is 5.17. The van der Waals surface area contributed by atoms with Crippen molar-refractivity contribution < 1.29 is 9.53 Å². The van der Waals surface area contributed by atoms with Gasteiger partial charge >= 0.3 is 0 Å². The van der Waals surface area contributed by atoms with Crippen molar-refractivity contribution in [3.05, 3.63) is 83.7 Å². The van der Waals surface area contributed by atoms with E-state index in [0.29, 0.717) is 11.6 Å². The van der Waals surface area contributed by atoms with E-state index in [1.165, 1.54) is 11.3 Å². The monoisotopic (exact) mass is 375 g/mol. The van der Waals surface area contributed by atoms with Crippen molar-refractivity contribution >= 4 is 11.6 Å². The highest BCUT2D eigenvalue weighted by Crippen LogP contribution is 2.27.